The number of carbonyl (C=O) groups is 1. The number of benzene rings is 1. The van der Waals surface area contributed by atoms with Crippen molar-refractivity contribution in [3.63, 3.8) is 0 Å². The maximum atomic E-state index is 12.9. The van der Waals surface area contributed by atoms with Crippen LogP contribution in [0.1, 0.15) is 46.2 Å². The molecule has 0 saturated heterocycles. The number of carbonyl (C=O) groups excluding carboxylic acids is 1. The van der Waals surface area contributed by atoms with Gasteiger partial charge in [0.15, 0.2) is 0 Å². The molecule has 1 unspecified atom stereocenters. The highest BCUT2D eigenvalue weighted by atomic mass is 32.1. The summed E-state index contributed by atoms with van der Waals surface area (Å²) in [4.78, 5) is 26.9. The summed E-state index contributed by atoms with van der Waals surface area (Å²) in [6, 6.07) is 10.3. The van der Waals surface area contributed by atoms with Crippen LogP contribution >= 0.6 is 11.3 Å². The first-order chi connectivity index (χ1) is 14.0. The van der Waals surface area contributed by atoms with Gasteiger partial charge in [-0.05, 0) is 55.7 Å². The van der Waals surface area contributed by atoms with E-state index in [9.17, 15) is 9.59 Å². The molecule has 3 aromatic rings. The number of aromatic nitrogens is 3. The van der Waals surface area contributed by atoms with Gasteiger partial charge in [-0.25, -0.2) is 9.48 Å². The molecular formula is C22H26N4O2S. The Morgan fingerprint density at radius 3 is 2.97 bits per heavy atom. The SMILES string of the molecule is Cc1ccc(C)c(Cn2nc3n(c2=O)CCCC3C(=O)NCCc2cccs2)c1. The molecule has 0 spiro atoms. The first-order valence-electron chi connectivity index (χ1n) is 10.1. The Kier molecular flexibility index (Phi) is 5.67. The molecule has 29 heavy (non-hydrogen) atoms. The van der Waals surface area contributed by atoms with Crippen LogP contribution in [0.15, 0.2) is 40.5 Å². The lowest BCUT2D eigenvalue weighted by Crippen LogP contribution is -2.36. The Morgan fingerprint density at radius 2 is 2.17 bits per heavy atom. The highest BCUT2D eigenvalue weighted by Gasteiger charge is 2.31. The fraction of sp³-hybridized carbons (Fsp3) is 0.409. The van der Waals surface area contributed by atoms with Crippen LogP contribution in [0.25, 0.3) is 0 Å². The number of nitrogens with one attached hydrogen (secondary N) is 1. The lowest BCUT2D eigenvalue weighted by Gasteiger charge is -2.21. The second-order valence-electron chi connectivity index (χ2n) is 7.70. The van der Waals surface area contributed by atoms with Crippen LogP contribution in [0.4, 0.5) is 0 Å². The number of thiophene rings is 1. The lowest BCUT2D eigenvalue weighted by molar-refractivity contribution is -0.123. The molecule has 1 amide bonds. The second kappa shape index (κ2) is 8.37. The van der Waals surface area contributed by atoms with Gasteiger partial charge in [0.1, 0.15) is 5.82 Å². The molecule has 0 saturated carbocycles. The molecule has 3 heterocycles. The monoisotopic (exact) mass is 410 g/mol. The van der Waals surface area contributed by atoms with E-state index < -0.39 is 0 Å². The second-order valence-corrected chi connectivity index (χ2v) is 8.73. The minimum absolute atomic E-state index is 0.0357. The third-order valence-corrected chi connectivity index (χ3v) is 6.47. The third kappa shape index (κ3) is 4.19. The van der Waals surface area contributed by atoms with Gasteiger partial charge in [-0.15, -0.1) is 11.3 Å². The van der Waals surface area contributed by atoms with Crippen LogP contribution in [0.2, 0.25) is 0 Å². The standard InChI is InChI=1S/C22H26N4O2S/c1-15-7-8-16(2)17(13-15)14-26-22(28)25-11-3-6-19(20(25)24-26)21(27)23-10-9-18-5-4-12-29-18/h4-5,7-8,12-13,19H,3,6,9-11,14H2,1-2H3,(H,23,27). The van der Waals surface area contributed by atoms with Crippen molar-refractivity contribution in [2.75, 3.05) is 6.54 Å². The first-order valence-corrected chi connectivity index (χ1v) is 10.9. The van der Waals surface area contributed by atoms with E-state index in [0.717, 1.165) is 36.0 Å². The molecule has 4 rings (SSSR count). The van der Waals surface area contributed by atoms with Crippen LogP contribution in [-0.2, 0) is 24.3 Å². The topological polar surface area (TPSA) is 68.9 Å². The van der Waals surface area contributed by atoms with Gasteiger partial charge >= 0.3 is 5.69 Å². The lowest BCUT2D eigenvalue weighted by atomic mass is 9.98. The first kappa shape index (κ1) is 19.6. The minimum Gasteiger partial charge on any atom is -0.355 e. The van der Waals surface area contributed by atoms with Gasteiger partial charge in [0.2, 0.25) is 5.91 Å². The Balaban J connectivity index is 1.51. The van der Waals surface area contributed by atoms with Gasteiger partial charge in [0.05, 0.1) is 12.5 Å². The van der Waals surface area contributed by atoms with Crippen molar-refractivity contribution in [2.45, 2.75) is 52.1 Å². The van der Waals surface area contributed by atoms with E-state index in [-0.39, 0.29) is 17.5 Å². The van der Waals surface area contributed by atoms with Crippen LogP contribution < -0.4 is 11.0 Å². The molecule has 1 N–H and O–H groups in total. The Labute approximate surface area is 174 Å². The summed E-state index contributed by atoms with van der Waals surface area (Å²) in [7, 11) is 0. The van der Waals surface area contributed by atoms with Gasteiger partial charge in [-0.2, -0.15) is 5.10 Å². The highest BCUT2D eigenvalue weighted by molar-refractivity contribution is 7.09. The van der Waals surface area contributed by atoms with Crippen LogP contribution in [0.3, 0.4) is 0 Å². The smallest absolute Gasteiger partial charge is 0.346 e. The summed E-state index contributed by atoms with van der Waals surface area (Å²) in [5.74, 6) is 0.200. The van der Waals surface area contributed by atoms with E-state index in [0.29, 0.717) is 25.5 Å². The van der Waals surface area contributed by atoms with E-state index in [1.54, 1.807) is 15.9 Å². The fourth-order valence-electron chi connectivity index (χ4n) is 3.88. The average Bonchev–Trinajstić information content (AvgIpc) is 3.33. The molecule has 1 aromatic carbocycles. The zero-order chi connectivity index (χ0) is 20.4. The number of hydrogen-bond donors (Lipinski definition) is 1. The van der Waals surface area contributed by atoms with Gasteiger partial charge in [0.25, 0.3) is 0 Å². The Bertz CT molecular complexity index is 1070. The molecule has 2 aromatic heterocycles. The Hall–Kier alpha value is -2.67. The van der Waals surface area contributed by atoms with Crippen molar-refractivity contribution in [1.82, 2.24) is 19.7 Å². The molecule has 1 atom stereocenters. The summed E-state index contributed by atoms with van der Waals surface area (Å²) >= 11 is 1.69. The zero-order valence-corrected chi connectivity index (χ0v) is 17.7. The van der Waals surface area contributed by atoms with Gasteiger partial charge in [0, 0.05) is 18.0 Å². The zero-order valence-electron chi connectivity index (χ0n) is 16.9. The molecule has 7 heteroatoms. The number of amides is 1. The fourth-order valence-corrected chi connectivity index (χ4v) is 4.59. The van der Waals surface area contributed by atoms with Gasteiger partial charge in [-0.3, -0.25) is 9.36 Å². The van der Waals surface area contributed by atoms with E-state index >= 15 is 0 Å². The van der Waals surface area contributed by atoms with Crippen molar-refractivity contribution in [3.8, 4) is 0 Å². The maximum absolute atomic E-state index is 12.9. The minimum atomic E-state index is -0.361. The molecule has 0 aliphatic carbocycles. The predicted octanol–water partition coefficient (Wildman–Crippen LogP) is 3.01. The molecule has 0 radical (unpaired) electrons. The number of hydrogen-bond acceptors (Lipinski definition) is 4. The number of aryl methyl sites for hydroxylation is 2. The number of nitrogens with zero attached hydrogens (tertiary/aromatic N) is 3. The van der Waals surface area contributed by atoms with E-state index in [4.69, 9.17) is 0 Å². The predicted molar refractivity (Wildman–Crippen MR) is 115 cm³/mol. The van der Waals surface area contributed by atoms with Crippen LogP contribution in [0.5, 0.6) is 0 Å². The van der Waals surface area contributed by atoms with Crippen LogP contribution in [-0.4, -0.2) is 26.8 Å². The van der Waals surface area contributed by atoms with Crippen molar-refractivity contribution in [2.24, 2.45) is 0 Å². The highest BCUT2D eigenvalue weighted by Crippen LogP contribution is 2.25. The van der Waals surface area contributed by atoms with E-state index in [2.05, 4.69) is 34.7 Å². The molecule has 1 aliphatic heterocycles. The largest absolute Gasteiger partial charge is 0.355 e. The molecule has 0 fully saturated rings. The molecule has 152 valence electrons. The molecule has 1 aliphatic rings. The Morgan fingerprint density at radius 1 is 1.31 bits per heavy atom. The van der Waals surface area contributed by atoms with Crippen molar-refractivity contribution in [1.29, 1.82) is 0 Å². The summed E-state index contributed by atoms with van der Waals surface area (Å²) in [5, 5.41) is 9.66. The van der Waals surface area contributed by atoms with Crippen LogP contribution in [0, 0.1) is 13.8 Å². The maximum Gasteiger partial charge on any atom is 0.346 e. The quantitative estimate of drug-likeness (QED) is 0.679. The van der Waals surface area contributed by atoms with Gasteiger partial charge in [-0.1, -0.05) is 29.8 Å². The third-order valence-electron chi connectivity index (χ3n) is 5.53. The number of fused-ring (bicyclic) bond motifs is 1. The molecule has 0 bridgehead atoms. The van der Waals surface area contributed by atoms with Gasteiger partial charge < -0.3 is 5.32 Å². The van der Waals surface area contributed by atoms with E-state index in [1.807, 2.05) is 25.3 Å². The summed E-state index contributed by atoms with van der Waals surface area (Å²) in [6.45, 7) is 5.74. The average molecular weight is 411 g/mol. The van der Waals surface area contributed by atoms with Crippen molar-refractivity contribution < 1.29 is 4.79 Å². The van der Waals surface area contributed by atoms with Crippen molar-refractivity contribution >= 4 is 17.2 Å². The normalized spacial score (nSPS) is 15.9. The summed E-state index contributed by atoms with van der Waals surface area (Å²) in [6.07, 6.45) is 2.36. The number of rotatable bonds is 6. The molecular weight excluding hydrogens is 384 g/mol. The van der Waals surface area contributed by atoms with Crippen molar-refractivity contribution in [3.05, 3.63) is 73.6 Å². The summed E-state index contributed by atoms with van der Waals surface area (Å²) < 4.78 is 3.19. The summed E-state index contributed by atoms with van der Waals surface area (Å²) in [5.41, 5.74) is 3.25. The molecule has 6 nitrogen and oxygen atoms in total. The van der Waals surface area contributed by atoms with E-state index in [1.165, 1.54) is 9.56 Å².